The Hall–Kier alpha value is -2.87. The van der Waals surface area contributed by atoms with Gasteiger partial charge in [0, 0.05) is 6.42 Å². The van der Waals surface area contributed by atoms with Gasteiger partial charge in [0.25, 0.3) is 11.8 Å². The molecule has 8 heteroatoms. The van der Waals surface area contributed by atoms with Crippen LogP contribution in [0.1, 0.15) is 56.3 Å². The Morgan fingerprint density at radius 3 is 2.41 bits per heavy atom. The third-order valence-electron chi connectivity index (χ3n) is 4.66. The standard InChI is InChI=1S/C19H17N3O4S/c1-19(2)7-12-15(13(23)8-19)27-18(20-12)21-14(24)9-22-16(25)10-5-3-4-6-11(10)17(22)26/h3-6H,7-9H2,1-2H3,(H,20,21,24). The molecule has 0 saturated heterocycles. The Balaban J connectivity index is 1.48. The van der Waals surface area contributed by atoms with Crippen molar-refractivity contribution >= 4 is 40.0 Å². The number of Topliss-reactive ketones (excluding diaryl/α,β-unsaturated/α-hetero) is 1. The number of amides is 3. The number of hydrogen-bond acceptors (Lipinski definition) is 6. The third kappa shape index (κ3) is 3.06. The molecule has 1 N–H and O–H groups in total. The second-order valence-electron chi connectivity index (χ2n) is 7.53. The van der Waals surface area contributed by atoms with Gasteiger partial charge in [0.15, 0.2) is 10.9 Å². The zero-order valence-corrected chi connectivity index (χ0v) is 15.7. The molecule has 0 spiro atoms. The Kier molecular flexibility index (Phi) is 3.96. The molecule has 2 aromatic rings. The molecule has 1 aliphatic carbocycles. The summed E-state index contributed by atoms with van der Waals surface area (Å²) in [6, 6.07) is 6.48. The maximum atomic E-state index is 12.4. The molecule has 7 nitrogen and oxygen atoms in total. The highest BCUT2D eigenvalue weighted by atomic mass is 32.1. The normalized spacial score (nSPS) is 17.7. The lowest BCUT2D eigenvalue weighted by Gasteiger charge is -2.26. The number of aromatic nitrogens is 1. The van der Waals surface area contributed by atoms with Crippen molar-refractivity contribution in [3.63, 3.8) is 0 Å². The maximum Gasteiger partial charge on any atom is 0.262 e. The maximum absolute atomic E-state index is 12.4. The van der Waals surface area contributed by atoms with Gasteiger partial charge in [0.1, 0.15) is 6.54 Å². The molecular weight excluding hydrogens is 366 g/mol. The molecule has 1 aliphatic heterocycles. The molecular formula is C19H17N3O4S. The van der Waals surface area contributed by atoms with Crippen molar-refractivity contribution in [2.75, 3.05) is 11.9 Å². The summed E-state index contributed by atoms with van der Waals surface area (Å²) >= 11 is 1.14. The first-order valence-corrected chi connectivity index (χ1v) is 9.35. The quantitative estimate of drug-likeness (QED) is 0.822. The summed E-state index contributed by atoms with van der Waals surface area (Å²) in [5.41, 5.74) is 1.14. The molecule has 0 saturated carbocycles. The highest BCUT2D eigenvalue weighted by molar-refractivity contribution is 7.17. The Morgan fingerprint density at radius 1 is 1.15 bits per heavy atom. The van der Waals surface area contributed by atoms with E-state index in [0.717, 1.165) is 16.2 Å². The van der Waals surface area contributed by atoms with E-state index in [0.29, 0.717) is 39.7 Å². The van der Waals surface area contributed by atoms with Crippen LogP contribution in [-0.4, -0.2) is 39.9 Å². The van der Waals surface area contributed by atoms with E-state index in [2.05, 4.69) is 10.3 Å². The van der Waals surface area contributed by atoms with Crippen LogP contribution < -0.4 is 5.32 Å². The predicted octanol–water partition coefficient (Wildman–Crippen LogP) is 2.53. The molecule has 0 unspecified atom stereocenters. The first-order valence-electron chi connectivity index (χ1n) is 8.53. The van der Waals surface area contributed by atoms with E-state index in [1.54, 1.807) is 24.3 Å². The summed E-state index contributed by atoms with van der Waals surface area (Å²) in [5.74, 6) is -1.47. The number of nitrogens with zero attached hydrogens (tertiary/aromatic N) is 2. The second-order valence-corrected chi connectivity index (χ2v) is 8.53. The van der Waals surface area contributed by atoms with Gasteiger partial charge in [0.05, 0.1) is 21.7 Å². The van der Waals surface area contributed by atoms with Gasteiger partial charge in [-0.25, -0.2) is 4.98 Å². The lowest BCUT2D eigenvalue weighted by molar-refractivity contribution is -0.116. The Labute approximate surface area is 159 Å². The zero-order valence-electron chi connectivity index (χ0n) is 14.9. The van der Waals surface area contributed by atoms with Crippen LogP contribution in [0.2, 0.25) is 0 Å². The molecule has 2 heterocycles. The summed E-state index contributed by atoms with van der Waals surface area (Å²) in [5, 5.41) is 2.92. The van der Waals surface area contributed by atoms with Crippen LogP contribution in [-0.2, 0) is 11.2 Å². The third-order valence-corrected chi connectivity index (χ3v) is 5.72. The predicted molar refractivity (Wildman–Crippen MR) is 99.0 cm³/mol. The first-order chi connectivity index (χ1) is 12.7. The fourth-order valence-electron chi connectivity index (χ4n) is 3.46. The van der Waals surface area contributed by atoms with E-state index in [4.69, 9.17) is 0 Å². The number of benzene rings is 1. The minimum Gasteiger partial charge on any atom is -0.300 e. The summed E-state index contributed by atoms with van der Waals surface area (Å²) < 4.78 is 0. The number of ketones is 1. The molecule has 138 valence electrons. The van der Waals surface area contributed by atoms with Crippen molar-refractivity contribution in [2.45, 2.75) is 26.7 Å². The molecule has 0 fully saturated rings. The number of carbonyl (C=O) groups is 4. The summed E-state index contributed by atoms with van der Waals surface area (Å²) in [7, 11) is 0. The van der Waals surface area contributed by atoms with Crippen LogP contribution in [0.3, 0.4) is 0 Å². The van der Waals surface area contributed by atoms with Crippen LogP contribution in [0, 0.1) is 5.41 Å². The van der Waals surface area contributed by atoms with Crippen LogP contribution >= 0.6 is 11.3 Å². The lowest BCUT2D eigenvalue weighted by atomic mass is 9.78. The largest absolute Gasteiger partial charge is 0.300 e. The Morgan fingerprint density at radius 2 is 1.78 bits per heavy atom. The molecule has 3 amide bonds. The van der Waals surface area contributed by atoms with Gasteiger partial charge in [-0.05, 0) is 24.0 Å². The lowest BCUT2D eigenvalue weighted by Crippen LogP contribution is -2.37. The highest BCUT2D eigenvalue weighted by Gasteiger charge is 2.37. The number of fused-ring (bicyclic) bond motifs is 2. The van der Waals surface area contributed by atoms with Gasteiger partial charge in [-0.1, -0.05) is 37.3 Å². The van der Waals surface area contributed by atoms with Crippen LogP contribution in [0.5, 0.6) is 0 Å². The number of rotatable bonds is 3. The van der Waals surface area contributed by atoms with Crippen LogP contribution in [0.25, 0.3) is 0 Å². The summed E-state index contributed by atoms with van der Waals surface area (Å²) in [4.78, 5) is 55.1. The molecule has 0 bridgehead atoms. The average molecular weight is 383 g/mol. The van der Waals surface area contributed by atoms with Gasteiger partial charge < -0.3 is 5.32 Å². The monoisotopic (exact) mass is 383 g/mol. The number of hydrogen-bond donors (Lipinski definition) is 1. The van der Waals surface area contributed by atoms with E-state index in [9.17, 15) is 19.2 Å². The van der Waals surface area contributed by atoms with Gasteiger partial charge in [0.2, 0.25) is 5.91 Å². The fourth-order valence-corrected chi connectivity index (χ4v) is 4.39. The number of imide groups is 1. The molecule has 4 rings (SSSR count). The van der Waals surface area contributed by atoms with Crippen molar-refractivity contribution in [3.05, 3.63) is 46.0 Å². The number of nitrogens with one attached hydrogen (secondary N) is 1. The number of carbonyl (C=O) groups excluding carboxylic acids is 4. The molecule has 1 aromatic heterocycles. The molecule has 0 atom stereocenters. The van der Waals surface area contributed by atoms with Crippen molar-refractivity contribution in [1.82, 2.24) is 9.88 Å². The van der Waals surface area contributed by atoms with E-state index in [-0.39, 0.29) is 11.2 Å². The highest BCUT2D eigenvalue weighted by Crippen LogP contribution is 2.38. The minimum atomic E-state index is -0.526. The second kappa shape index (κ2) is 6.09. The van der Waals surface area contributed by atoms with Gasteiger partial charge in [-0.2, -0.15) is 0 Å². The van der Waals surface area contributed by atoms with Gasteiger partial charge in [-0.15, -0.1) is 0 Å². The van der Waals surface area contributed by atoms with Crippen molar-refractivity contribution in [1.29, 1.82) is 0 Å². The molecule has 27 heavy (non-hydrogen) atoms. The van der Waals surface area contributed by atoms with E-state index < -0.39 is 24.3 Å². The SMILES string of the molecule is CC1(C)CC(=O)c2sc(NC(=O)CN3C(=O)c4ccccc4C3=O)nc2C1. The van der Waals surface area contributed by atoms with Crippen LogP contribution in [0.15, 0.2) is 24.3 Å². The zero-order chi connectivity index (χ0) is 19.3. The molecule has 1 aromatic carbocycles. The van der Waals surface area contributed by atoms with Gasteiger partial charge >= 0.3 is 0 Å². The molecule has 2 aliphatic rings. The van der Waals surface area contributed by atoms with E-state index in [1.807, 2.05) is 13.8 Å². The number of thiazole rings is 1. The number of anilines is 1. The Bertz CT molecular complexity index is 973. The molecule has 0 radical (unpaired) electrons. The van der Waals surface area contributed by atoms with E-state index >= 15 is 0 Å². The minimum absolute atomic E-state index is 0.0274. The first kappa shape index (κ1) is 17.5. The smallest absolute Gasteiger partial charge is 0.262 e. The van der Waals surface area contributed by atoms with Crippen LogP contribution in [0.4, 0.5) is 5.13 Å². The topological polar surface area (TPSA) is 96.4 Å². The van der Waals surface area contributed by atoms with Gasteiger partial charge in [-0.3, -0.25) is 24.1 Å². The average Bonchev–Trinajstić information content (AvgIpc) is 3.09. The van der Waals surface area contributed by atoms with Crippen molar-refractivity contribution in [2.24, 2.45) is 5.41 Å². The van der Waals surface area contributed by atoms with Crippen molar-refractivity contribution in [3.8, 4) is 0 Å². The van der Waals surface area contributed by atoms with E-state index in [1.165, 1.54) is 0 Å². The fraction of sp³-hybridized carbons (Fsp3) is 0.316. The summed E-state index contributed by atoms with van der Waals surface area (Å²) in [6.07, 6.45) is 1.11. The summed E-state index contributed by atoms with van der Waals surface area (Å²) in [6.45, 7) is 3.62. The van der Waals surface area contributed by atoms with Crippen molar-refractivity contribution < 1.29 is 19.2 Å².